The van der Waals surface area contributed by atoms with Crippen molar-refractivity contribution in [3.63, 3.8) is 0 Å². The standard InChI is InChI=1S/C28H29N3O4/c29-28(33)25-14-23-24(30-25)12-7-13-26(23)35-18-21(32)17-34-22-15-31(16-22)27(19-8-3-1-4-9-19)20-10-5-2-6-11-20/h1-14,21-22,27,30,32H,15-18H2,(H2,29,33). The molecule has 4 N–H and O–H groups in total. The Morgan fingerprint density at radius 2 is 1.63 bits per heavy atom. The van der Waals surface area contributed by atoms with Crippen molar-refractivity contribution < 1.29 is 19.4 Å². The Labute approximate surface area is 204 Å². The first kappa shape index (κ1) is 23.1. The fraction of sp³-hybridized carbons (Fsp3) is 0.250. The fourth-order valence-electron chi connectivity index (χ4n) is 4.54. The molecule has 0 spiro atoms. The molecule has 1 fully saturated rings. The Bertz CT molecular complexity index is 1230. The van der Waals surface area contributed by atoms with Crippen LogP contribution in [0.15, 0.2) is 84.9 Å². The number of aliphatic hydroxyl groups is 1. The van der Waals surface area contributed by atoms with Crippen molar-refractivity contribution in [2.24, 2.45) is 5.73 Å². The summed E-state index contributed by atoms with van der Waals surface area (Å²) in [4.78, 5) is 16.8. The lowest BCUT2D eigenvalue weighted by Gasteiger charge is -2.44. The third-order valence-corrected chi connectivity index (χ3v) is 6.32. The van der Waals surface area contributed by atoms with E-state index in [1.165, 1.54) is 11.1 Å². The predicted octanol–water partition coefficient (Wildman–Crippen LogP) is 3.50. The van der Waals surface area contributed by atoms with Gasteiger partial charge >= 0.3 is 0 Å². The van der Waals surface area contributed by atoms with E-state index in [1.807, 2.05) is 24.3 Å². The normalized spacial score (nSPS) is 15.3. The lowest BCUT2D eigenvalue weighted by atomic mass is 9.94. The zero-order valence-corrected chi connectivity index (χ0v) is 19.3. The summed E-state index contributed by atoms with van der Waals surface area (Å²) in [6.07, 6.45) is -0.710. The topological polar surface area (TPSA) is 101 Å². The van der Waals surface area contributed by atoms with Crippen molar-refractivity contribution in [1.29, 1.82) is 0 Å². The van der Waals surface area contributed by atoms with Crippen LogP contribution in [0.1, 0.15) is 27.7 Å². The van der Waals surface area contributed by atoms with E-state index in [1.54, 1.807) is 12.1 Å². The minimum Gasteiger partial charge on any atom is -0.490 e. The molecular formula is C28H29N3O4. The minimum absolute atomic E-state index is 0.0609. The molecule has 0 bridgehead atoms. The molecule has 35 heavy (non-hydrogen) atoms. The third kappa shape index (κ3) is 5.22. The molecule has 1 amide bonds. The van der Waals surface area contributed by atoms with Gasteiger partial charge in [0.2, 0.25) is 0 Å². The monoisotopic (exact) mass is 471 g/mol. The van der Waals surface area contributed by atoms with Crippen molar-refractivity contribution in [2.75, 3.05) is 26.3 Å². The molecule has 2 heterocycles. The zero-order valence-electron chi connectivity index (χ0n) is 19.3. The van der Waals surface area contributed by atoms with E-state index in [-0.39, 0.29) is 25.4 Å². The molecule has 7 heteroatoms. The summed E-state index contributed by atoms with van der Waals surface area (Å²) in [6.45, 7) is 1.86. The quantitative estimate of drug-likeness (QED) is 0.329. The Balaban J connectivity index is 1.13. The molecule has 180 valence electrons. The average Bonchev–Trinajstić information content (AvgIpc) is 3.31. The van der Waals surface area contributed by atoms with Crippen molar-refractivity contribution in [3.8, 4) is 5.75 Å². The number of hydrogen-bond donors (Lipinski definition) is 3. The summed E-state index contributed by atoms with van der Waals surface area (Å²) < 4.78 is 11.8. The molecule has 0 aliphatic carbocycles. The van der Waals surface area contributed by atoms with E-state index in [0.717, 1.165) is 24.0 Å². The fourth-order valence-corrected chi connectivity index (χ4v) is 4.54. The molecular weight excluding hydrogens is 442 g/mol. The van der Waals surface area contributed by atoms with E-state index < -0.39 is 12.0 Å². The second-order valence-corrected chi connectivity index (χ2v) is 8.86. The Kier molecular flexibility index (Phi) is 6.81. The molecule has 1 aliphatic rings. The maximum Gasteiger partial charge on any atom is 0.265 e. The van der Waals surface area contributed by atoms with Gasteiger partial charge in [0.25, 0.3) is 5.91 Å². The molecule has 5 rings (SSSR count). The number of H-pyrrole nitrogens is 1. The number of nitrogens with zero attached hydrogens (tertiary/aromatic N) is 1. The predicted molar refractivity (Wildman–Crippen MR) is 134 cm³/mol. The Morgan fingerprint density at radius 1 is 0.971 bits per heavy atom. The number of aliphatic hydroxyl groups excluding tert-OH is 1. The van der Waals surface area contributed by atoms with Gasteiger partial charge in [0.15, 0.2) is 0 Å². The molecule has 1 aromatic heterocycles. The lowest BCUT2D eigenvalue weighted by molar-refractivity contribution is -0.0944. The smallest absolute Gasteiger partial charge is 0.265 e. The van der Waals surface area contributed by atoms with Crippen LogP contribution >= 0.6 is 0 Å². The first-order valence-electron chi connectivity index (χ1n) is 11.8. The number of fused-ring (bicyclic) bond motifs is 1. The summed E-state index contributed by atoms with van der Waals surface area (Å²) in [7, 11) is 0. The van der Waals surface area contributed by atoms with Crippen molar-refractivity contribution >= 4 is 16.8 Å². The lowest BCUT2D eigenvalue weighted by Crippen LogP contribution is -2.54. The molecule has 4 aromatic rings. The van der Waals surface area contributed by atoms with Gasteiger partial charge in [-0.2, -0.15) is 0 Å². The van der Waals surface area contributed by atoms with Crippen LogP contribution in [-0.2, 0) is 4.74 Å². The van der Waals surface area contributed by atoms with Crippen LogP contribution in [0.25, 0.3) is 10.9 Å². The van der Waals surface area contributed by atoms with Crippen molar-refractivity contribution in [2.45, 2.75) is 18.2 Å². The molecule has 1 atom stereocenters. The number of benzene rings is 3. The summed E-state index contributed by atoms with van der Waals surface area (Å²) in [5.41, 5.74) is 8.94. The first-order valence-corrected chi connectivity index (χ1v) is 11.8. The number of carbonyl (C=O) groups is 1. The van der Waals surface area contributed by atoms with Crippen LogP contribution in [0.5, 0.6) is 5.75 Å². The number of rotatable bonds is 10. The SMILES string of the molecule is NC(=O)c1cc2c(OCC(O)COC3CN(C(c4ccccc4)c4ccccc4)C3)cccc2[nH]1. The van der Waals surface area contributed by atoms with Gasteiger partial charge in [-0.25, -0.2) is 0 Å². The molecule has 1 aliphatic heterocycles. The number of nitrogens with two attached hydrogens (primary N) is 1. The van der Waals surface area contributed by atoms with Crippen LogP contribution in [0.4, 0.5) is 0 Å². The number of primary amides is 1. The minimum atomic E-state index is -0.770. The highest BCUT2D eigenvalue weighted by atomic mass is 16.5. The van der Waals surface area contributed by atoms with Gasteiger partial charge < -0.3 is 25.3 Å². The summed E-state index contributed by atoms with van der Waals surface area (Å²) in [5.74, 6) is 0.0468. The highest BCUT2D eigenvalue weighted by Gasteiger charge is 2.34. The van der Waals surface area contributed by atoms with E-state index in [2.05, 4.69) is 58.4 Å². The molecule has 3 aromatic carbocycles. The number of amides is 1. The highest BCUT2D eigenvalue weighted by Crippen LogP contribution is 2.33. The maximum absolute atomic E-state index is 11.4. The number of aromatic nitrogens is 1. The van der Waals surface area contributed by atoms with Crippen LogP contribution in [0, 0.1) is 0 Å². The van der Waals surface area contributed by atoms with Gasteiger partial charge in [-0.3, -0.25) is 9.69 Å². The molecule has 0 radical (unpaired) electrons. The van der Waals surface area contributed by atoms with Gasteiger partial charge in [-0.05, 0) is 29.3 Å². The number of carbonyl (C=O) groups excluding carboxylic acids is 1. The molecule has 7 nitrogen and oxygen atoms in total. The Morgan fingerprint density at radius 3 is 2.26 bits per heavy atom. The number of nitrogens with one attached hydrogen (secondary N) is 1. The summed E-state index contributed by atoms with van der Waals surface area (Å²) >= 11 is 0. The number of ether oxygens (including phenoxy) is 2. The average molecular weight is 472 g/mol. The highest BCUT2D eigenvalue weighted by molar-refractivity contribution is 5.98. The molecule has 0 saturated carbocycles. The van der Waals surface area contributed by atoms with Gasteiger partial charge in [0.05, 0.1) is 18.8 Å². The van der Waals surface area contributed by atoms with E-state index >= 15 is 0 Å². The number of hydrogen-bond acceptors (Lipinski definition) is 5. The second-order valence-electron chi connectivity index (χ2n) is 8.86. The van der Waals surface area contributed by atoms with Gasteiger partial charge in [-0.1, -0.05) is 66.7 Å². The second kappa shape index (κ2) is 10.3. The largest absolute Gasteiger partial charge is 0.490 e. The maximum atomic E-state index is 11.4. The van der Waals surface area contributed by atoms with Crippen LogP contribution in [0.2, 0.25) is 0 Å². The van der Waals surface area contributed by atoms with Gasteiger partial charge in [0.1, 0.15) is 24.2 Å². The molecule has 1 saturated heterocycles. The van der Waals surface area contributed by atoms with Crippen LogP contribution < -0.4 is 10.5 Å². The van der Waals surface area contributed by atoms with E-state index in [0.29, 0.717) is 11.4 Å². The summed E-state index contributed by atoms with van der Waals surface area (Å²) in [6, 6.07) is 28.3. The van der Waals surface area contributed by atoms with Crippen molar-refractivity contribution in [3.05, 3.63) is 102 Å². The van der Waals surface area contributed by atoms with Gasteiger partial charge in [-0.15, -0.1) is 0 Å². The zero-order chi connectivity index (χ0) is 24.2. The number of aromatic amines is 1. The van der Waals surface area contributed by atoms with Crippen LogP contribution in [-0.4, -0.2) is 59.4 Å². The van der Waals surface area contributed by atoms with Crippen molar-refractivity contribution in [1.82, 2.24) is 9.88 Å². The van der Waals surface area contributed by atoms with E-state index in [9.17, 15) is 9.90 Å². The number of likely N-dealkylation sites (tertiary alicyclic amines) is 1. The van der Waals surface area contributed by atoms with Crippen LogP contribution in [0.3, 0.4) is 0 Å². The Hall–Kier alpha value is -3.65. The molecule has 1 unspecified atom stereocenters. The summed E-state index contributed by atoms with van der Waals surface area (Å²) in [5, 5.41) is 11.2. The first-order chi connectivity index (χ1) is 17.1. The third-order valence-electron chi connectivity index (χ3n) is 6.32. The van der Waals surface area contributed by atoms with Gasteiger partial charge in [0, 0.05) is 24.0 Å². The van der Waals surface area contributed by atoms with E-state index in [4.69, 9.17) is 15.2 Å².